The molecule has 24 heavy (non-hydrogen) atoms. The quantitative estimate of drug-likeness (QED) is 0.623. The van der Waals surface area contributed by atoms with Gasteiger partial charge in [-0.25, -0.2) is 14.5 Å². The van der Waals surface area contributed by atoms with Crippen LogP contribution in [-0.2, 0) is 0 Å². The van der Waals surface area contributed by atoms with Crippen LogP contribution in [-0.4, -0.2) is 26.7 Å². The average molecular weight is 317 g/mol. The number of aromatic nitrogens is 4. The van der Waals surface area contributed by atoms with E-state index in [1.165, 1.54) is 0 Å². The molecular weight excluding hydrogens is 302 g/mol. The summed E-state index contributed by atoms with van der Waals surface area (Å²) < 4.78 is 7.02. The van der Waals surface area contributed by atoms with Gasteiger partial charge < -0.3 is 10.1 Å². The molecule has 0 aliphatic heterocycles. The fourth-order valence-electron chi connectivity index (χ4n) is 2.45. The first-order valence-electron chi connectivity index (χ1n) is 7.51. The highest BCUT2D eigenvalue weighted by Crippen LogP contribution is 2.23. The standard InChI is InChI=1S/C18H15N5O/c1-24-14-6-4-5-13(11-14)15-8-9-18-21-17(12-23(18)22-15)20-16-7-2-3-10-19-16/h2-12H,1H3,(H,19,20). The second-order valence-electron chi connectivity index (χ2n) is 5.22. The van der Waals surface area contributed by atoms with Gasteiger partial charge in [-0.1, -0.05) is 18.2 Å². The first-order chi connectivity index (χ1) is 11.8. The predicted octanol–water partition coefficient (Wildman–Crippen LogP) is 3.54. The van der Waals surface area contributed by atoms with Crippen molar-refractivity contribution in [2.24, 2.45) is 0 Å². The number of anilines is 2. The molecule has 4 rings (SSSR count). The van der Waals surface area contributed by atoms with E-state index < -0.39 is 0 Å². The number of methoxy groups -OCH3 is 1. The fraction of sp³-hybridized carbons (Fsp3) is 0.0556. The van der Waals surface area contributed by atoms with Crippen molar-refractivity contribution in [3.63, 3.8) is 0 Å². The van der Waals surface area contributed by atoms with Crippen molar-refractivity contribution in [1.82, 2.24) is 19.6 Å². The van der Waals surface area contributed by atoms with Gasteiger partial charge in [0.15, 0.2) is 11.5 Å². The first-order valence-corrected chi connectivity index (χ1v) is 7.51. The SMILES string of the molecule is COc1cccc(-c2ccc3nc(Nc4ccccn4)cn3n2)c1. The largest absolute Gasteiger partial charge is 0.497 e. The van der Waals surface area contributed by atoms with E-state index in [4.69, 9.17) is 4.74 Å². The molecule has 0 saturated heterocycles. The van der Waals surface area contributed by atoms with Gasteiger partial charge >= 0.3 is 0 Å². The van der Waals surface area contributed by atoms with Crippen LogP contribution < -0.4 is 10.1 Å². The maximum absolute atomic E-state index is 5.27. The van der Waals surface area contributed by atoms with Crippen molar-refractivity contribution in [2.75, 3.05) is 12.4 Å². The molecule has 118 valence electrons. The molecular formula is C18H15N5O. The molecule has 3 heterocycles. The molecule has 0 aliphatic carbocycles. The summed E-state index contributed by atoms with van der Waals surface area (Å²) in [4.78, 5) is 8.73. The lowest BCUT2D eigenvalue weighted by molar-refractivity contribution is 0.415. The Balaban J connectivity index is 1.68. The topological polar surface area (TPSA) is 64.3 Å². The minimum absolute atomic E-state index is 0.698. The number of rotatable bonds is 4. The monoisotopic (exact) mass is 317 g/mol. The van der Waals surface area contributed by atoms with Crippen molar-refractivity contribution in [1.29, 1.82) is 0 Å². The molecule has 0 aliphatic rings. The van der Waals surface area contributed by atoms with E-state index in [1.807, 2.05) is 60.8 Å². The van der Waals surface area contributed by atoms with E-state index in [2.05, 4.69) is 20.4 Å². The van der Waals surface area contributed by atoms with E-state index in [0.717, 1.165) is 28.5 Å². The van der Waals surface area contributed by atoms with Gasteiger partial charge in [0, 0.05) is 11.8 Å². The number of hydrogen-bond acceptors (Lipinski definition) is 5. The van der Waals surface area contributed by atoms with Crippen molar-refractivity contribution < 1.29 is 4.74 Å². The van der Waals surface area contributed by atoms with E-state index in [0.29, 0.717) is 5.82 Å². The Morgan fingerprint density at radius 3 is 2.79 bits per heavy atom. The summed E-state index contributed by atoms with van der Waals surface area (Å²) >= 11 is 0. The zero-order chi connectivity index (χ0) is 16.4. The Hall–Kier alpha value is -3.41. The fourth-order valence-corrected chi connectivity index (χ4v) is 2.45. The molecule has 4 aromatic rings. The number of hydrogen-bond donors (Lipinski definition) is 1. The third kappa shape index (κ3) is 2.77. The van der Waals surface area contributed by atoms with Crippen LogP contribution in [0.1, 0.15) is 0 Å². The van der Waals surface area contributed by atoms with Gasteiger partial charge in [0.2, 0.25) is 0 Å². The molecule has 0 atom stereocenters. The predicted molar refractivity (Wildman–Crippen MR) is 92.5 cm³/mol. The summed E-state index contributed by atoms with van der Waals surface area (Å²) in [6.45, 7) is 0. The van der Waals surface area contributed by atoms with Crippen molar-refractivity contribution in [3.8, 4) is 17.0 Å². The second-order valence-corrected chi connectivity index (χ2v) is 5.22. The van der Waals surface area contributed by atoms with Crippen LogP contribution in [0.5, 0.6) is 5.75 Å². The molecule has 0 saturated carbocycles. The maximum Gasteiger partial charge on any atom is 0.156 e. The molecule has 3 aromatic heterocycles. The van der Waals surface area contributed by atoms with E-state index in [-0.39, 0.29) is 0 Å². The summed E-state index contributed by atoms with van der Waals surface area (Å²) in [6.07, 6.45) is 3.57. The lowest BCUT2D eigenvalue weighted by atomic mass is 10.1. The van der Waals surface area contributed by atoms with Gasteiger partial charge in [-0.05, 0) is 36.4 Å². The third-order valence-corrected chi connectivity index (χ3v) is 3.61. The Kier molecular flexibility index (Phi) is 3.55. The van der Waals surface area contributed by atoms with Crippen LogP contribution >= 0.6 is 0 Å². The number of pyridine rings is 1. The van der Waals surface area contributed by atoms with Crippen molar-refractivity contribution in [3.05, 3.63) is 67.0 Å². The van der Waals surface area contributed by atoms with Gasteiger partial charge in [0.1, 0.15) is 11.6 Å². The summed E-state index contributed by atoms with van der Waals surface area (Å²) in [7, 11) is 1.65. The number of nitrogens with zero attached hydrogens (tertiary/aromatic N) is 4. The van der Waals surface area contributed by atoms with Gasteiger partial charge in [-0.15, -0.1) is 0 Å². The Morgan fingerprint density at radius 2 is 1.96 bits per heavy atom. The molecule has 1 aromatic carbocycles. The highest BCUT2D eigenvalue weighted by atomic mass is 16.5. The highest BCUT2D eigenvalue weighted by Gasteiger charge is 2.06. The first kappa shape index (κ1) is 14.2. The van der Waals surface area contributed by atoms with Gasteiger partial charge in [-0.3, -0.25) is 0 Å². The molecule has 0 unspecified atom stereocenters. The van der Waals surface area contributed by atoms with Crippen LogP contribution in [0.15, 0.2) is 67.0 Å². The van der Waals surface area contributed by atoms with E-state index in [1.54, 1.807) is 17.8 Å². The lowest BCUT2D eigenvalue weighted by Crippen LogP contribution is -1.93. The maximum atomic E-state index is 5.27. The smallest absolute Gasteiger partial charge is 0.156 e. The van der Waals surface area contributed by atoms with Gasteiger partial charge in [0.25, 0.3) is 0 Å². The number of nitrogens with one attached hydrogen (secondary N) is 1. The van der Waals surface area contributed by atoms with Crippen LogP contribution in [0.25, 0.3) is 16.9 Å². The molecule has 0 amide bonds. The van der Waals surface area contributed by atoms with Gasteiger partial charge in [0.05, 0.1) is 19.0 Å². The van der Waals surface area contributed by atoms with E-state index >= 15 is 0 Å². The molecule has 0 spiro atoms. The average Bonchev–Trinajstić information content (AvgIpc) is 3.04. The Morgan fingerprint density at radius 1 is 1.00 bits per heavy atom. The third-order valence-electron chi connectivity index (χ3n) is 3.61. The van der Waals surface area contributed by atoms with Crippen LogP contribution in [0.2, 0.25) is 0 Å². The van der Waals surface area contributed by atoms with Crippen molar-refractivity contribution >= 4 is 17.3 Å². The summed E-state index contributed by atoms with van der Waals surface area (Å²) in [5.74, 6) is 2.25. The minimum Gasteiger partial charge on any atom is -0.497 e. The summed E-state index contributed by atoms with van der Waals surface area (Å²) in [5.41, 5.74) is 2.60. The highest BCUT2D eigenvalue weighted by molar-refractivity contribution is 5.63. The molecule has 0 radical (unpaired) electrons. The molecule has 6 heteroatoms. The zero-order valence-corrected chi connectivity index (χ0v) is 13.0. The molecule has 0 fully saturated rings. The van der Waals surface area contributed by atoms with Crippen LogP contribution in [0.4, 0.5) is 11.6 Å². The minimum atomic E-state index is 0.698. The summed E-state index contributed by atoms with van der Waals surface area (Å²) in [5, 5.41) is 7.79. The molecule has 0 bridgehead atoms. The van der Waals surface area contributed by atoms with E-state index in [9.17, 15) is 0 Å². The second kappa shape index (κ2) is 6.00. The molecule has 6 nitrogen and oxygen atoms in total. The van der Waals surface area contributed by atoms with Crippen LogP contribution in [0.3, 0.4) is 0 Å². The summed E-state index contributed by atoms with van der Waals surface area (Å²) in [6, 6.07) is 17.4. The number of benzene rings is 1. The Labute approximate surface area is 138 Å². The van der Waals surface area contributed by atoms with Crippen LogP contribution in [0, 0.1) is 0 Å². The number of fused-ring (bicyclic) bond motifs is 1. The Bertz CT molecular complexity index is 981. The number of imidazole rings is 1. The van der Waals surface area contributed by atoms with Crippen molar-refractivity contribution in [2.45, 2.75) is 0 Å². The molecule has 1 N–H and O–H groups in total. The normalized spacial score (nSPS) is 10.7. The lowest BCUT2D eigenvalue weighted by Gasteiger charge is -2.04. The van der Waals surface area contributed by atoms with Gasteiger partial charge in [-0.2, -0.15) is 5.10 Å². The zero-order valence-electron chi connectivity index (χ0n) is 13.0. The number of ether oxygens (including phenoxy) is 1.